The van der Waals surface area contributed by atoms with E-state index in [4.69, 9.17) is 10.5 Å². The van der Waals surface area contributed by atoms with Gasteiger partial charge in [0, 0.05) is 30.7 Å². The number of hydrogen-bond acceptors (Lipinski definition) is 2. The second-order valence-corrected chi connectivity index (χ2v) is 4.17. The molecule has 0 radical (unpaired) electrons. The zero-order valence-electron chi connectivity index (χ0n) is 10.3. The van der Waals surface area contributed by atoms with Gasteiger partial charge < -0.3 is 15.0 Å². The van der Waals surface area contributed by atoms with Crippen molar-refractivity contribution in [2.75, 3.05) is 7.11 Å². The van der Waals surface area contributed by atoms with Crippen LogP contribution in [0.2, 0.25) is 0 Å². The molecule has 0 atom stereocenters. The summed E-state index contributed by atoms with van der Waals surface area (Å²) >= 11 is 0. The quantitative estimate of drug-likeness (QED) is 0.840. The molecular weight excluding hydrogens is 200 g/mol. The molecule has 0 amide bonds. The molecule has 86 valence electrons. The summed E-state index contributed by atoms with van der Waals surface area (Å²) in [6, 6.07) is 4.24. The van der Waals surface area contributed by atoms with Crippen LogP contribution < -0.4 is 10.5 Å². The van der Waals surface area contributed by atoms with Crippen molar-refractivity contribution in [1.29, 1.82) is 0 Å². The van der Waals surface area contributed by atoms with Gasteiger partial charge in [0.05, 0.1) is 12.6 Å². The topological polar surface area (TPSA) is 40.2 Å². The first-order valence-corrected chi connectivity index (χ1v) is 5.42. The van der Waals surface area contributed by atoms with E-state index in [1.54, 1.807) is 7.11 Å². The van der Waals surface area contributed by atoms with Crippen LogP contribution in [0.3, 0.4) is 0 Å². The summed E-state index contributed by atoms with van der Waals surface area (Å²) in [6.45, 7) is 4.74. The molecule has 0 bridgehead atoms. The van der Waals surface area contributed by atoms with E-state index in [0.29, 0.717) is 6.54 Å². The molecule has 0 saturated heterocycles. The molecule has 3 heteroatoms. The lowest BCUT2D eigenvalue weighted by molar-refractivity contribution is 0.412. The molecule has 1 heterocycles. The molecule has 3 nitrogen and oxygen atoms in total. The monoisotopic (exact) mass is 218 g/mol. The number of benzene rings is 1. The molecule has 0 aliphatic carbocycles. The lowest BCUT2D eigenvalue weighted by Gasteiger charge is -2.06. The predicted octanol–water partition coefficient (Wildman–Crippen LogP) is 2.26. The van der Waals surface area contributed by atoms with Crippen molar-refractivity contribution in [2.45, 2.75) is 20.4 Å². The molecule has 0 aliphatic rings. The first-order chi connectivity index (χ1) is 7.60. The van der Waals surface area contributed by atoms with Gasteiger partial charge >= 0.3 is 0 Å². The number of rotatable bonds is 2. The van der Waals surface area contributed by atoms with Gasteiger partial charge in [-0.2, -0.15) is 0 Å². The van der Waals surface area contributed by atoms with Crippen LogP contribution >= 0.6 is 0 Å². The Morgan fingerprint density at radius 3 is 2.56 bits per heavy atom. The Morgan fingerprint density at radius 2 is 2.00 bits per heavy atom. The van der Waals surface area contributed by atoms with Crippen LogP contribution in [0.25, 0.3) is 10.9 Å². The van der Waals surface area contributed by atoms with Gasteiger partial charge in [-0.25, -0.2) is 0 Å². The van der Waals surface area contributed by atoms with Crippen molar-refractivity contribution in [2.24, 2.45) is 12.8 Å². The molecule has 2 N–H and O–H groups in total. The Hall–Kier alpha value is -1.48. The van der Waals surface area contributed by atoms with Gasteiger partial charge in [-0.05, 0) is 31.0 Å². The molecule has 2 aromatic rings. The Morgan fingerprint density at radius 1 is 1.31 bits per heavy atom. The van der Waals surface area contributed by atoms with E-state index in [9.17, 15) is 0 Å². The van der Waals surface area contributed by atoms with Crippen LogP contribution in [0.15, 0.2) is 12.1 Å². The number of methoxy groups -OCH3 is 1. The average molecular weight is 218 g/mol. The maximum Gasteiger partial charge on any atom is 0.123 e. The Balaban J connectivity index is 2.85. The highest BCUT2D eigenvalue weighted by atomic mass is 16.5. The van der Waals surface area contributed by atoms with Crippen LogP contribution in [0.1, 0.15) is 16.8 Å². The smallest absolute Gasteiger partial charge is 0.123 e. The van der Waals surface area contributed by atoms with E-state index in [2.05, 4.69) is 37.6 Å². The molecule has 0 spiro atoms. The largest absolute Gasteiger partial charge is 0.496 e. The third-order valence-corrected chi connectivity index (χ3v) is 3.34. The zero-order chi connectivity index (χ0) is 11.9. The van der Waals surface area contributed by atoms with Crippen LogP contribution in [-0.2, 0) is 13.6 Å². The number of aryl methyl sites for hydroxylation is 2. The highest BCUT2D eigenvalue weighted by Crippen LogP contribution is 2.30. The lowest BCUT2D eigenvalue weighted by atomic mass is 10.1. The van der Waals surface area contributed by atoms with Crippen molar-refractivity contribution < 1.29 is 4.74 Å². The highest BCUT2D eigenvalue weighted by molar-refractivity contribution is 5.87. The number of nitrogens with zero attached hydrogens (tertiary/aromatic N) is 1. The summed E-state index contributed by atoms with van der Waals surface area (Å²) in [5, 5.41) is 1.24. The maximum atomic E-state index is 5.81. The van der Waals surface area contributed by atoms with Crippen molar-refractivity contribution in [3.8, 4) is 5.75 Å². The van der Waals surface area contributed by atoms with E-state index in [1.165, 1.54) is 22.2 Å². The molecule has 1 aromatic carbocycles. The Kier molecular flexibility index (Phi) is 2.64. The van der Waals surface area contributed by atoms with Crippen molar-refractivity contribution in [3.63, 3.8) is 0 Å². The molecule has 0 unspecified atom stereocenters. The molecular formula is C13H18N2O. The minimum atomic E-state index is 0.578. The predicted molar refractivity (Wildman–Crippen MR) is 66.8 cm³/mol. The number of nitrogens with two attached hydrogens (primary N) is 1. The third-order valence-electron chi connectivity index (χ3n) is 3.34. The molecule has 0 aliphatic heterocycles. The number of aromatic nitrogens is 1. The van der Waals surface area contributed by atoms with Gasteiger partial charge in [0.15, 0.2) is 0 Å². The van der Waals surface area contributed by atoms with Gasteiger partial charge in [0.2, 0.25) is 0 Å². The van der Waals surface area contributed by atoms with Gasteiger partial charge in [0.25, 0.3) is 0 Å². The SMILES string of the molecule is COc1cc2c(cc1C)c(CN)c(C)n2C. The zero-order valence-corrected chi connectivity index (χ0v) is 10.3. The standard InChI is InChI=1S/C13H18N2O/c1-8-5-10-11(7-14)9(2)15(3)12(10)6-13(8)16-4/h5-6H,7,14H2,1-4H3. The summed E-state index contributed by atoms with van der Waals surface area (Å²) in [6.07, 6.45) is 0. The fourth-order valence-corrected chi connectivity index (χ4v) is 2.25. The van der Waals surface area contributed by atoms with Crippen LogP contribution in [0.5, 0.6) is 5.75 Å². The minimum absolute atomic E-state index is 0.578. The van der Waals surface area contributed by atoms with Crippen LogP contribution in [-0.4, -0.2) is 11.7 Å². The molecule has 0 fully saturated rings. The normalized spacial score (nSPS) is 11.1. The van der Waals surface area contributed by atoms with Gasteiger partial charge in [-0.3, -0.25) is 0 Å². The number of ether oxygens (including phenoxy) is 1. The molecule has 2 rings (SSSR count). The minimum Gasteiger partial charge on any atom is -0.496 e. The summed E-state index contributed by atoms with van der Waals surface area (Å²) in [5.74, 6) is 0.927. The fraction of sp³-hybridized carbons (Fsp3) is 0.385. The molecule has 0 saturated carbocycles. The van der Waals surface area contributed by atoms with Crippen molar-refractivity contribution >= 4 is 10.9 Å². The van der Waals surface area contributed by atoms with Gasteiger partial charge in [-0.1, -0.05) is 0 Å². The summed E-state index contributed by atoms with van der Waals surface area (Å²) in [5.41, 5.74) is 10.6. The van der Waals surface area contributed by atoms with E-state index in [0.717, 1.165) is 11.3 Å². The molecule has 1 aromatic heterocycles. The first kappa shape index (κ1) is 11.0. The van der Waals surface area contributed by atoms with Gasteiger partial charge in [-0.15, -0.1) is 0 Å². The average Bonchev–Trinajstić information content (AvgIpc) is 2.50. The second-order valence-electron chi connectivity index (χ2n) is 4.17. The van der Waals surface area contributed by atoms with E-state index in [1.807, 2.05) is 0 Å². The maximum absolute atomic E-state index is 5.81. The van der Waals surface area contributed by atoms with Crippen molar-refractivity contribution in [1.82, 2.24) is 4.57 Å². The Bertz CT molecular complexity index is 541. The molecule has 16 heavy (non-hydrogen) atoms. The van der Waals surface area contributed by atoms with E-state index >= 15 is 0 Å². The number of fused-ring (bicyclic) bond motifs is 1. The summed E-state index contributed by atoms with van der Waals surface area (Å²) < 4.78 is 7.51. The summed E-state index contributed by atoms with van der Waals surface area (Å²) in [7, 11) is 3.76. The third kappa shape index (κ3) is 1.39. The van der Waals surface area contributed by atoms with E-state index in [-0.39, 0.29) is 0 Å². The van der Waals surface area contributed by atoms with Gasteiger partial charge in [0.1, 0.15) is 5.75 Å². The second kappa shape index (κ2) is 3.83. The van der Waals surface area contributed by atoms with E-state index < -0.39 is 0 Å². The summed E-state index contributed by atoms with van der Waals surface area (Å²) in [4.78, 5) is 0. The van der Waals surface area contributed by atoms with Crippen LogP contribution in [0.4, 0.5) is 0 Å². The fourth-order valence-electron chi connectivity index (χ4n) is 2.25. The first-order valence-electron chi connectivity index (χ1n) is 5.42. The highest BCUT2D eigenvalue weighted by Gasteiger charge is 2.12. The van der Waals surface area contributed by atoms with Crippen LogP contribution in [0, 0.1) is 13.8 Å². The Labute approximate surface area is 95.8 Å². The lowest BCUT2D eigenvalue weighted by Crippen LogP contribution is -1.98. The van der Waals surface area contributed by atoms with Crippen molar-refractivity contribution in [3.05, 3.63) is 29.0 Å². The number of hydrogen-bond donors (Lipinski definition) is 1.